The second-order valence-electron chi connectivity index (χ2n) is 6.44. The molecule has 0 aliphatic carbocycles. The van der Waals surface area contributed by atoms with Gasteiger partial charge in [-0.2, -0.15) is 4.37 Å². The number of hydrogen-bond donors (Lipinski definition) is 1. The van der Waals surface area contributed by atoms with E-state index < -0.39 is 0 Å². The summed E-state index contributed by atoms with van der Waals surface area (Å²) in [5, 5.41) is 3.83. The summed E-state index contributed by atoms with van der Waals surface area (Å²) in [6.45, 7) is 4.81. The molecule has 1 heterocycles. The molecule has 27 heavy (non-hydrogen) atoms. The van der Waals surface area contributed by atoms with Crippen LogP contribution >= 0.6 is 11.5 Å². The van der Waals surface area contributed by atoms with Crippen LogP contribution in [0.4, 0.5) is 5.13 Å². The number of hydrogen-bond acceptors (Lipinski definition) is 6. The van der Waals surface area contributed by atoms with E-state index in [2.05, 4.69) is 38.6 Å². The maximum Gasteiger partial charge on any atom is 0.221 e. The Morgan fingerprint density at radius 3 is 2.78 bits per heavy atom. The maximum atomic E-state index is 12.1. The van der Waals surface area contributed by atoms with Crippen LogP contribution in [0.1, 0.15) is 44.0 Å². The van der Waals surface area contributed by atoms with Crippen molar-refractivity contribution < 1.29 is 9.53 Å². The highest BCUT2D eigenvalue weighted by atomic mass is 32.1. The third-order valence-corrected chi connectivity index (χ3v) is 5.02. The Hall–Kier alpha value is -1.99. The number of carbonyl (C=O) groups excluding carboxylic acids is 1. The Morgan fingerprint density at radius 1 is 1.22 bits per heavy atom. The van der Waals surface area contributed by atoms with E-state index >= 15 is 0 Å². The number of nitrogens with zero attached hydrogens (tertiary/aromatic N) is 3. The molecule has 0 spiro atoms. The number of ether oxygens (including phenoxy) is 1. The minimum Gasteiger partial charge on any atom is -0.383 e. The van der Waals surface area contributed by atoms with Crippen LogP contribution in [0.15, 0.2) is 30.3 Å². The Labute approximate surface area is 166 Å². The van der Waals surface area contributed by atoms with Crippen LogP contribution in [0.2, 0.25) is 0 Å². The lowest BCUT2D eigenvalue weighted by molar-refractivity contribution is -0.120. The first kappa shape index (κ1) is 21.3. The molecule has 0 aliphatic rings. The molecule has 1 amide bonds. The first-order chi connectivity index (χ1) is 13.2. The minimum atomic E-state index is 0.0857. The minimum absolute atomic E-state index is 0.0857. The molecule has 0 bridgehead atoms. The molecule has 0 unspecified atom stereocenters. The lowest BCUT2D eigenvalue weighted by Gasteiger charge is -2.20. The van der Waals surface area contributed by atoms with Crippen molar-refractivity contribution in [3.8, 4) is 0 Å². The number of anilines is 1. The van der Waals surface area contributed by atoms with Crippen LogP contribution in [0, 0.1) is 0 Å². The zero-order valence-corrected chi connectivity index (χ0v) is 17.1. The molecule has 2 aromatic rings. The van der Waals surface area contributed by atoms with E-state index in [4.69, 9.17) is 4.74 Å². The van der Waals surface area contributed by atoms with Crippen LogP contribution in [-0.4, -0.2) is 48.6 Å². The van der Waals surface area contributed by atoms with Gasteiger partial charge in [0.15, 0.2) is 0 Å². The van der Waals surface area contributed by atoms with E-state index in [1.165, 1.54) is 17.1 Å². The van der Waals surface area contributed by atoms with Gasteiger partial charge in [0.2, 0.25) is 11.0 Å². The highest BCUT2D eigenvalue weighted by Gasteiger charge is 2.14. The van der Waals surface area contributed by atoms with Gasteiger partial charge in [0.25, 0.3) is 0 Å². The Morgan fingerprint density at radius 2 is 2.04 bits per heavy atom. The Balaban J connectivity index is 1.88. The van der Waals surface area contributed by atoms with Crippen molar-refractivity contribution in [3.05, 3.63) is 41.7 Å². The van der Waals surface area contributed by atoms with Crippen LogP contribution in [-0.2, 0) is 16.0 Å². The summed E-state index contributed by atoms with van der Waals surface area (Å²) in [5.41, 5.74) is 1.19. The molecule has 7 heteroatoms. The van der Waals surface area contributed by atoms with Gasteiger partial charge in [-0.3, -0.25) is 4.79 Å². The van der Waals surface area contributed by atoms with E-state index in [-0.39, 0.29) is 5.91 Å². The second kappa shape index (κ2) is 12.4. The quantitative estimate of drug-likeness (QED) is 0.532. The van der Waals surface area contributed by atoms with Gasteiger partial charge in [-0.05, 0) is 12.0 Å². The highest BCUT2D eigenvalue weighted by molar-refractivity contribution is 7.09. The number of carbonyl (C=O) groups is 1. The maximum absolute atomic E-state index is 12.1. The lowest BCUT2D eigenvalue weighted by Crippen LogP contribution is -2.33. The topological polar surface area (TPSA) is 67.4 Å². The molecule has 0 saturated carbocycles. The van der Waals surface area contributed by atoms with Crippen molar-refractivity contribution in [2.45, 2.75) is 39.0 Å². The SMILES string of the molecule is CCCCCNC(=O)CCN(CCOC)c1nc(Cc2ccccc2)ns1. The summed E-state index contributed by atoms with van der Waals surface area (Å²) in [6, 6.07) is 10.2. The molecule has 148 valence electrons. The number of unbranched alkanes of at least 4 members (excludes halogenated alkanes) is 2. The Kier molecular flexibility index (Phi) is 9.79. The highest BCUT2D eigenvalue weighted by Crippen LogP contribution is 2.19. The van der Waals surface area contributed by atoms with Gasteiger partial charge in [0.05, 0.1) is 6.61 Å². The number of benzene rings is 1. The summed E-state index contributed by atoms with van der Waals surface area (Å²) in [5.74, 6) is 0.898. The first-order valence-electron chi connectivity index (χ1n) is 9.60. The van der Waals surface area contributed by atoms with Gasteiger partial charge in [-0.25, -0.2) is 4.98 Å². The zero-order chi connectivity index (χ0) is 19.3. The van der Waals surface area contributed by atoms with E-state index in [1.807, 2.05) is 18.2 Å². The molecule has 2 rings (SSSR count). The average molecular weight is 391 g/mol. The normalized spacial score (nSPS) is 10.7. The molecule has 1 N–H and O–H groups in total. The largest absolute Gasteiger partial charge is 0.383 e. The molecule has 0 fully saturated rings. The number of methoxy groups -OCH3 is 1. The summed E-state index contributed by atoms with van der Waals surface area (Å²) >= 11 is 1.38. The molecular weight excluding hydrogens is 360 g/mol. The van der Waals surface area contributed by atoms with E-state index in [0.717, 1.165) is 36.8 Å². The number of rotatable bonds is 13. The van der Waals surface area contributed by atoms with Crippen molar-refractivity contribution >= 4 is 22.6 Å². The lowest BCUT2D eigenvalue weighted by atomic mass is 10.1. The fraction of sp³-hybridized carbons (Fsp3) is 0.550. The standard InChI is InChI=1S/C20H30N4O2S/c1-3-4-8-12-21-19(25)11-13-24(14-15-26-2)20-22-18(23-27-20)16-17-9-6-5-7-10-17/h5-7,9-10H,3-4,8,11-16H2,1-2H3,(H,21,25). The van der Waals surface area contributed by atoms with Crippen LogP contribution < -0.4 is 10.2 Å². The van der Waals surface area contributed by atoms with Crippen molar-refractivity contribution in [1.29, 1.82) is 0 Å². The number of aromatic nitrogens is 2. The van der Waals surface area contributed by atoms with Gasteiger partial charge in [0.1, 0.15) is 5.82 Å². The van der Waals surface area contributed by atoms with Crippen molar-refractivity contribution in [1.82, 2.24) is 14.7 Å². The summed E-state index contributed by atoms with van der Waals surface area (Å²) < 4.78 is 9.69. The molecule has 1 aromatic heterocycles. The van der Waals surface area contributed by atoms with E-state index in [0.29, 0.717) is 32.5 Å². The van der Waals surface area contributed by atoms with Crippen LogP contribution in [0.5, 0.6) is 0 Å². The molecule has 0 aliphatic heterocycles. The summed E-state index contributed by atoms with van der Waals surface area (Å²) in [6.07, 6.45) is 4.50. The number of nitrogens with one attached hydrogen (secondary N) is 1. The monoisotopic (exact) mass is 390 g/mol. The van der Waals surface area contributed by atoms with Crippen molar-refractivity contribution in [2.75, 3.05) is 38.3 Å². The van der Waals surface area contributed by atoms with Crippen molar-refractivity contribution in [3.63, 3.8) is 0 Å². The number of amides is 1. The molecule has 1 aromatic carbocycles. The van der Waals surface area contributed by atoms with Gasteiger partial charge in [-0.1, -0.05) is 50.1 Å². The van der Waals surface area contributed by atoms with Gasteiger partial charge < -0.3 is 15.0 Å². The fourth-order valence-corrected chi connectivity index (χ4v) is 3.39. The molecular formula is C20H30N4O2S. The zero-order valence-electron chi connectivity index (χ0n) is 16.3. The third-order valence-electron chi connectivity index (χ3n) is 4.21. The molecule has 0 atom stereocenters. The van der Waals surface area contributed by atoms with Gasteiger partial charge in [0, 0.05) is 51.1 Å². The Bertz CT molecular complexity index is 663. The molecule has 6 nitrogen and oxygen atoms in total. The van der Waals surface area contributed by atoms with Crippen LogP contribution in [0.3, 0.4) is 0 Å². The van der Waals surface area contributed by atoms with Crippen LogP contribution in [0.25, 0.3) is 0 Å². The predicted octanol–water partition coefficient (Wildman–Crippen LogP) is 3.28. The summed E-state index contributed by atoms with van der Waals surface area (Å²) in [4.78, 5) is 18.8. The van der Waals surface area contributed by atoms with E-state index in [9.17, 15) is 4.79 Å². The predicted molar refractivity (Wildman–Crippen MR) is 110 cm³/mol. The first-order valence-corrected chi connectivity index (χ1v) is 10.4. The molecule has 0 saturated heterocycles. The fourth-order valence-electron chi connectivity index (χ4n) is 2.66. The van der Waals surface area contributed by atoms with Crippen molar-refractivity contribution in [2.24, 2.45) is 0 Å². The summed E-state index contributed by atoms with van der Waals surface area (Å²) in [7, 11) is 1.68. The second-order valence-corrected chi connectivity index (χ2v) is 7.17. The van der Waals surface area contributed by atoms with Gasteiger partial charge >= 0.3 is 0 Å². The molecule has 0 radical (unpaired) electrons. The van der Waals surface area contributed by atoms with Gasteiger partial charge in [-0.15, -0.1) is 0 Å². The van der Waals surface area contributed by atoms with E-state index in [1.54, 1.807) is 7.11 Å². The average Bonchev–Trinajstić information content (AvgIpc) is 3.14. The smallest absolute Gasteiger partial charge is 0.221 e. The third kappa shape index (κ3) is 8.05.